The average molecular weight is 578 g/mol. The highest BCUT2D eigenvalue weighted by molar-refractivity contribution is 7.93. The molecule has 0 aliphatic carbocycles. The highest BCUT2D eigenvalue weighted by Crippen LogP contribution is 2.34. The first kappa shape index (κ1) is 28.9. The molecule has 0 fully saturated rings. The molecule has 0 atom stereocenters. The molecule has 0 bridgehead atoms. The summed E-state index contributed by atoms with van der Waals surface area (Å²) in [5, 5.41) is 4.35. The second-order valence-electron chi connectivity index (χ2n) is 11.3. The van der Waals surface area contributed by atoms with Crippen molar-refractivity contribution >= 4 is 43.8 Å². The van der Waals surface area contributed by atoms with Gasteiger partial charge in [0.15, 0.2) is 0 Å². The number of nitrogens with one attached hydrogen (secondary N) is 2. The Morgan fingerprint density at radius 2 is 1.17 bits per heavy atom. The third kappa shape index (κ3) is 6.81. The number of benzene rings is 5. The molecule has 0 aliphatic rings. The molecule has 0 aromatic heterocycles. The number of carbonyl (C=O) groups excluding carboxylic acids is 1. The lowest BCUT2D eigenvalue weighted by Crippen LogP contribution is -2.27. The van der Waals surface area contributed by atoms with Gasteiger partial charge in [-0.05, 0) is 47.5 Å². The molecule has 0 saturated heterocycles. The van der Waals surface area contributed by atoms with Gasteiger partial charge in [0.05, 0.1) is 4.90 Å². The number of rotatable bonds is 9. The minimum absolute atomic E-state index is 0.115. The largest absolute Gasteiger partial charge is 0.362 e. The standard InChI is InChI=1S/C35H35N3O3S/c1-35(2,3)34(39)36-28-20-22-29(23-21-28)37-42(40,41)33-19-11-16-30-31(33)17-10-18-32(30)38(24-26-12-6-4-7-13-26)25-27-14-8-5-9-15-27/h4-23,37H,24-25H2,1-3H3,(H,36,39). The molecule has 0 unspecified atom stereocenters. The smallest absolute Gasteiger partial charge is 0.262 e. The minimum atomic E-state index is -3.92. The second-order valence-corrected chi connectivity index (χ2v) is 13.0. The van der Waals surface area contributed by atoms with Crippen LogP contribution in [-0.2, 0) is 27.9 Å². The van der Waals surface area contributed by atoms with E-state index in [2.05, 4.69) is 39.2 Å². The van der Waals surface area contributed by atoms with Crippen LogP contribution in [0.15, 0.2) is 126 Å². The fourth-order valence-corrected chi connectivity index (χ4v) is 6.04. The molecule has 214 valence electrons. The number of amides is 1. The van der Waals surface area contributed by atoms with E-state index in [-0.39, 0.29) is 10.8 Å². The van der Waals surface area contributed by atoms with E-state index in [0.717, 1.165) is 22.2 Å². The normalized spacial score (nSPS) is 11.7. The average Bonchev–Trinajstić information content (AvgIpc) is 2.97. The van der Waals surface area contributed by atoms with Crippen LogP contribution in [-0.4, -0.2) is 14.3 Å². The summed E-state index contributed by atoms with van der Waals surface area (Å²) in [7, 11) is -3.92. The van der Waals surface area contributed by atoms with Crippen molar-refractivity contribution in [1.29, 1.82) is 0 Å². The van der Waals surface area contributed by atoms with Gasteiger partial charge in [0.1, 0.15) is 0 Å². The predicted molar refractivity (Wildman–Crippen MR) is 172 cm³/mol. The molecular weight excluding hydrogens is 542 g/mol. The van der Waals surface area contributed by atoms with E-state index in [1.165, 1.54) is 0 Å². The molecule has 5 aromatic carbocycles. The number of hydrogen-bond donors (Lipinski definition) is 2. The van der Waals surface area contributed by atoms with Crippen molar-refractivity contribution in [3.8, 4) is 0 Å². The molecule has 42 heavy (non-hydrogen) atoms. The third-order valence-electron chi connectivity index (χ3n) is 7.00. The van der Waals surface area contributed by atoms with E-state index >= 15 is 0 Å². The number of carbonyl (C=O) groups is 1. The topological polar surface area (TPSA) is 78.5 Å². The number of sulfonamides is 1. The molecule has 2 N–H and O–H groups in total. The van der Waals surface area contributed by atoms with Crippen LogP contribution in [0.5, 0.6) is 0 Å². The van der Waals surface area contributed by atoms with Crippen LogP contribution in [0.3, 0.4) is 0 Å². The summed E-state index contributed by atoms with van der Waals surface area (Å²) in [6, 6.07) is 38.4. The zero-order valence-corrected chi connectivity index (χ0v) is 24.9. The van der Waals surface area contributed by atoms with Crippen molar-refractivity contribution in [3.05, 3.63) is 132 Å². The number of fused-ring (bicyclic) bond motifs is 1. The lowest BCUT2D eigenvalue weighted by atomic mass is 9.95. The minimum Gasteiger partial charge on any atom is -0.362 e. The van der Waals surface area contributed by atoms with E-state index in [1.807, 2.05) is 81.4 Å². The summed E-state index contributed by atoms with van der Waals surface area (Å²) < 4.78 is 30.1. The highest BCUT2D eigenvalue weighted by Gasteiger charge is 2.22. The Kier molecular flexibility index (Phi) is 8.31. The Morgan fingerprint density at radius 3 is 1.74 bits per heavy atom. The molecule has 0 spiro atoms. The van der Waals surface area contributed by atoms with Crippen LogP contribution in [0, 0.1) is 5.41 Å². The predicted octanol–water partition coefficient (Wildman–Crippen LogP) is 7.83. The second kappa shape index (κ2) is 12.1. The van der Waals surface area contributed by atoms with Gasteiger partial charge in [0, 0.05) is 46.3 Å². The van der Waals surface area contributed by atoms with E-state index in [4.69, 9.17) is 0 Å². The lowest BCUT2D eigenvalue weighted by molar-refractivity contribution is -0.123. The van der Waals surface area contributed by atoms with Gasteiger partial charge >= 0.3 is 0 Å². The summed E-state index contributed by atoms with van der Waals surface area (Å²) in [6.45, 7) is 6.85. The molecule has 0 radical (unpaired) electrons. The van der Waals surface area contributed by atoms with Crippen molar-refractivity contribution in [2.75, 3.05) is 14.9 Å². The maximum atomic E-state index is 13.7. The maximum absolute atomic E-state index is 13.7. The number of hydrogen-bond acceptors (Lipinski definition) is 4. The summed E-state index contributed by atoms with van der Waals surface area (Å²) in [5.74, 6) is -0.115. The summed E-state index contributed by atoms with van der Waals surface area (Å²) in [5.41, 5.74) is 3.76. The Morgan fingerprint density at radius 1 is 0.643 bits per heavy atom. The van der Waals surface area contributed by atoms with Gasteiger partial charge in [0.2, 0.25) is 5.91 Å². The van der Waals surface area contributed by atoms with Gasteiger partial charge in [-0.3, -0.25) is 9.52 Å². The third-order valence-corrected chi connectivity index (χ3v) is 8.44. The van der Waals surface area contributed by atoms with Gasteiger partial charge in [0.25, 0.3) is 10.0 Å². The van der Waals surface area contributed by atoms with Crippen LogP contribution >= 0.6 is 0 Å². The SMILES string of the molecule is CC(C)(C)C(=O)Nc1ccc(NS(=O)(=O)c2cccc3c(N(Cc4ccccc4)Cc4ccccc4)cccc23)cc1. The van der Waals surface area contributed by atoms with Gasteiger partial charge in [-0.25, -0.2) is 8.42 Å². The van der Waals surface area contributed by atoms with E-state index < -0.39 is 15.4 Å². The molecule has 1 amide bonds. The first-order chi connectivity index (χ1) is 20.1. The van der Waals surface area contributed by atoms with Crippen molar-refractivity contribution in [3.63, 3.8) is 0 Å². The van der Waals surface area contributed by atoms with Crippen LogP contribution < -0.4 is 14.9 Å². The van der Waals surface area contributed by atoms with E-state index in [9.17, 15) is 13.2 Å². The molecule has 0 aliphatic heterocycles. The number of nitrogens with zero attached hydrogens (tertiary/aromatic N) is 1. The lowest BCUT2D eigenvalue weighted by Gasteiger charge is -2.27. The van der Waals surface area contributed by atoms with Crippen LogP contribution in [0.2, 0.25) is 0 Å². The molecule has 0 heterocycles. The fraction of sp³-hybridized carbons (Fsp3) is 0.171. The maximum Gasteiger partial charge on any atom is 0.262 e. The Hall–Kier alpha value is -4.62. The van der Waals surface area contributed by atoms with Gasteiger partial charge in [-0.1, -0.05) is 106 Å². The quantitative estimate of drug-likeness (QED) is 0.187. The van der Waals surface area contributed by atoms with E-state index in [0.29, 0.717) is 29.9 Å². The first-order valence-corrected chi connectivity index (χ1v) is 15.4. The van der Waals surface area contributed by atoms with Gasteiger partial charge < -0.3 is 10.2 Å². The van der Waals surface area contributed by atoms with Crippen molar-refractivity contribution in [2.45, 2.75) is 38.8 Å². The first-order valence-electron chi connectivity index (χ1n) is 13.9. The molecule has 0 saturated carbocycles. The van der Waals surface area contributed by atoms with Crippen molar-refractivity contribution < 1.29 is 13.2 Å². The highest BCUT2D eigenvalue weighted by atomic mass is 32.2. The van der Waals surface area contributed by atoms with Crippen molar-refractivity contribution in [1.82, 2.24) is 0 Å². The monoisotopic (exact) mass is 577 g/mol. The Balaban J connectivity index is 1.47. The molecule has 5 rings (SSSR count). The fourth-order valence-electron chi connectivity index (χ4n) is 4.76. The van der Waals surface area contributed by atoms with E-state index in [1.54, 1.807) is 36.4 Å². The van der Waals surface area contributed by atoms with Crippen LogP contribution in [0.25, 0.3) is 10.8 Å². The zero-order valence-electron chi connectivity index (χ0n) is 24.0. The van der Waals surface area contributed by atoms with Crippen LogP contribution in [0.4, 0.5) is 17.1 Å². The van der Waals surface area contributed by atoms with Gasteiger partial charge in [-0.2, -0.15) is 0 Å². The van der Waals surface area contributed by atoms with Crippen LogP contribution in [0.1, 0.15) is 31.9 Å². The Labute approximate surface area is 248 Å². The summed E-state index contributed by atoms with van der Waals surface area (Å²) in [4.78, 5) is 14.8. The molecule has 7 heteroatoms. The summed E-state index contributed by atoms with van der Waals surface area (Å²) in [6.07, 6.45) is 0. The number of anilines is 3. The summed E-state index contributed by atoms with van der Waals surface area (Å²) >= 11 is 0. The van der Waals surface area contributed by atoms with Crippen molar-refractivity contribution in [2.24, 2.45) is 5.41 Å². The molecule has 5 aromatic rings. The van der Waals surface area contributed by atoms with Gasteiger partial charge in [-0.15, -0.1) is 0 Å². The zero-order chi connectivity index (χ0) is 29.7. The molecular formula is C35H35N3O3S. The Bertz CT molecular complexity index is 1740. The molecule has 6 nitrogen and oxygen atoms in total.